The van der Waals surface area contributed by atoms with E-state index >= 15 is 0 Å². The predicted octanol–water partition coefficient (Wildman–Crippen LogP) is 2.49. The number of carboxylic acids is 1. The Hall–Kier alpha value is -1.05. The minimum atomic E-state index is -0.989. The fourth-order valence-corrected chi connectivity index (χ4v) is 2.68. The Morgan fingerprint density at radius 2 is 1.95 bits per heavy atom. The molecule has 0 bridgehead atoms. The van der Waals surface area contributed by atoms with E-state index in [1.165, 1.54) is 6.92 Å². The van der Waals surface area contributed by atoms with Gasteiger partial charge in [0.1, 0.15) is 12.1 Å². The molecule has 2 atom stereocenters. The highest BCUT2D eigenvalue weighted by Crippen LogP contribution is 2.13. The molecule has 0 aromatic heterocycles. The van der Waals surface area contributed by atoms with Gasteiger partial charge in [-0.05, 0) is 19.4 Å². The SMILES string of the molecule is Br.CCOC(=O)C(CSCc1ccccc1)NC(C)C(=O)O. The molecule has 7 heteroatoms. The molecule has 1 aromatic carbocycles. The second-order valence-corrected chi connectivity index (χ2v) is 5.56. The Kier molecular flexibility index (Phi) is 11.0. The number of carboxylic acid groups (broad SMARTS) is 1. The highest BCUT2D eigenvalue weighted by Gasteiger charge is 2.24. The van der Waals surface area contributed by atoms with Crippen LogP contribution in [-0.2, 0) is 20.1 Å². The summed E-state index contributed by atoms with van der Waals surface area (Å²) in [5.74, 6) is -0.172. The maximum atomic E-state index is 11.9. The van der Waals surface area contributed by atoms with Crippen LogP contribution in [-0.4, -0.2) is 41.5 Å². The predicted molar refractivity (Wildman–Crippen MR) is 93.6 cm³/mol. The number of carbonyl (C=O) groups excluding carboxylic acids is 1. The molecule has 124 valence electrons. The van der Waals surface area contributed by atoms with Gasteiger partial charge in [0, 0.05) is 11.5 Å². The lowest BCUT2D eigenvalue weighted by Gasteiger charge is -2.19. The van der Waals surface area contributed by atoms with Crippen LogP contribution in [0.3, 0.4) is 0 Å². The van der Waals surface area contributed by atoms with Crippen LogP contribution in [0.25, 0.3) is 0 Å². The third-order valence-corrected chi connectivity index (χ3v) is 3.90. The molecular weight excluding hydrogens is 370 g/mol. The van der Waals surface area contributed by atoms with Gasteiger partial charge in [-0.15, -0.1) is 17.0 Å². The largest absolute Gasteiger partial charge is 0.480 e. The Labute approximate surface area is 145 Å². The minimum absolute atomic E-state index is 0. The van der Waals surface area contributed by atoms with E-state index in [2.05, 4.69) is 5.32 Å². The average Bonchev–Trinajstić information content (AvgIpc) is 2.47. The van der Waals surface area contributed by atoms with Crippen molar-refractivity contribution in [3.8, 4) is 0 Å². The Morgan fingerprint density at radius 3 is 2.50 bits per heavy atom. The second-order valence-electron chi connectivity index (χ2n) is 4.53. The summed E-state index contributed by atoms with van der Waals surface area (Å²) in [6.07, 6.45) is 0. The van der Waals surface area contributed by atoms with Crippen molar-refractivity contribution >= 4 is 40.7 Å². The van der Waals surface area contributed by atoms with E-state index in [1.54, 1.807) is 18.7 Å². The molecule has 0 aliphatic heterocycles. The molecule has 22 heavy (non-hydrogen) atoms. The standard InChI is InChI=1S/C15H21NO4S.BrH/c1-3-20-15(19)13(16-11(2)14(17)18)10-21-9-12-7-5-4-6-8-12;/h4-8,11,13,16H,3,9-10H2,1-2H3,(H,17,18);1H. The molecule has 0 saturated heterocycles. The van der Waals surface area contributed by atoms with Gasteiger partial charge in [-0.1, -0.05) is 30.3 Å². The van der Waals surface area contributed by atoms with Crippen molar-refractivity contribution in [2.75, 3.05) is 12.4 Å². The van der Waals surface area contributed by atoms with Crippen LogP contribution in [0.5, 0.6) is 0 Å². The molecule has 0 saturated carbocycles. The van der Waals surface area contributed by atoms with Crippen molar-refractivity contribution in [2.45, 2.75) is 31.7 Å². The van der Waals surface area contributed by atoms with Crippen LogP contribution in [0.1, 0.15) is 19.4 Å². The molecule has 2 N–H and O–H groups in total. The first-order valence-corrected chi connectivity index (χ1v) is 7.97. The first-order chi connectivity index (χ1) is 10.0. The van der Waals surface area contributed by atoms with Gasteiger partial charge >= 0.3 is 11.9 Å². The lowest BCUT2D eigenvalue weighted by molar-refractivity contribution is -0.146. The molecule has 5 nitrogen and oxygen atoms in total. The number of hydrogen-bond donors (Lipinski definition) is 2. The Balaban J connectivity index is 0.00000441. The van der Waals surface area contributed by atoms with Crippen LogP contribution >= 0.6 is 28.7 Å². The highest BCUT2D eigenvalue weighted by atomic mass is 79.9. The van der Waals surface area contributed by atoms with Crippen molar-refractivity contribution < 1.29 is 19.4 Å². The molecule has 0 heterocycles. The minimum Gasteiger partial charge on any atom is -0.480 e. The Morgan fingerprint density at radius 1 is 1.32 bits per heavy atom. The topological polar surface area (TPSA) is 75.6 Å². The fourth-order valence-electron chi connectivity index (χ4n) is 1.67. The summed E-state index contributed by atoms with van der Waals surface area (Å²) < 4.78 is 4.98. The lowest BCUT2D eigenvalue weighted by Crippen LogP contribution is -2.47. The van der Waals surface area contributed by atoms with Crippen LogP contribution in [0.4, 0.5) is 0 Å². The third kappa shape index (κ3) is 7.82. The van der Waals surface area contributed by atoms with E-state index in [9.17, 15) is 9.59 Å². The fraction of sp³-hybridized carbons (Fsp3) is 0.467. The van der Waals surface area contributed by atoms with E-state index in [-0.39, 0.29) is 23.6 Å². The maximum Gasteiger partial charge on any atom is 0.324 e. The number of hydrogen-bond acceptors (Lipinski definition) is 5. The average molecular weight is 392 g/mol. The summed E-state index contributed by atoms with van der Waals surface area (Å²) in [5.41, 5.74) is 1.16. The molecule has 1 aromatic rings. The van der Waals surface area contributed by atoms with Gasteiger partial charge in [-0.2, -0.15) is 11.8 Å². The zero-order chi connectivity index (χ0) is 15.7. The number of aliphatic carboxylic acids is 1. The van der Waals surface area contributed by atoms with Crippen LogP contribution in [0, 0.1) is 0 Å². The zero-order valence-electron chi connectivity index (χ0n) is 12.7. The third-order valence-electron chi connectivity index (χ3n) is 2.79. The van der Waals surface area contributed by atoms with Crippen molar-refractivity contribution in [2.24, 2.45) is 0 Å². The van der Waals surface area contributed by atoms with E-state index < -0.39 is 24.0 Å². The van der Waals surface area contributed by atoms with E-state index in [0.717, 1.165) is 11.3 Å². The van der Waals surface area contributed by atoms with Crippen molar-refractivity contribution in [3.05, 3.63) is 35.9 Å². The van der Waals surface area contributed by atoms with E-state index in [1.807, 2.05) is 30.3 Å². The van der Waals surface area contributed by atoms with Crippen molar-refractivity contribution in [1.29, 1.82) is 0 Å². The smallest absolute Gasteiger partial charge is 0.324 e. The van der Waals surface area contributed by atoms with Gasteiger partial charge in [0.05, 0.1) is 6.61 Å². The molecule has 0 aliphatic carbocycles. The number of esters is 1. The summed E-state index contributed by atoms with van der Waals surface area (Å²) in [4.78, 5) is 22.7. The highest BCUT2D eigenvalue weighted by molar-refractivity contribution is 8.93. The molecule has 0 spiro atoms. The maximum absolute atomic E-state index is 11.9. The number of nitrogens with one attached hydrogen (secondary N) is 1. The van der Waals surface area contributed by atoms with E-state index in [0.29, 0.717) is 5.75 Å². The van der Waals surface area contributed by atoms with Crippen molar-refractivity contribution in [1.82, 2.24) is 5.32 Å². The van der Waals surface area contributed by atoms with Gasteiger partial charge in [0.2, 0.25) is 0 Å². The van der Waals surface area contributed by atoms with Crippen LogP contribution in [0.15, 0.2) is 30.3 Å². The molecule has 0 radical (unpaired) electrons. The Bertz CT molecular complexity index is 458. The quantitative estimate of drug-likeness (QED) is 0.629. The number of rotatable bonds is 9. The summed E-state index contributed by atoms with van der Waals surface area (Å²) >= 11 is 1.57. The molecule has 0 fully saturated rings. The van der Waals surface area contributed by atoms with Gasteiger partial charge in [-0.25, -0.2) is 0 Å². The van der Waals surface area contributed by atoms with Crippen LogP contribution in [0.2, 0.25) is 0 Å². The van der Waals surface area contributed by atoms with Crippen LogP contribution < -0.4 is 5.32 Å². The summed E-state index contributed by atoms with van der Waals surface area (Å²) in [5, 5.41) is 11.7. The molecule has 0 amide bonds. The summed E-state index contributed by atoms with van der Waals surface area (Å²) in [6.45, 7) is 3.52. The normalized spacial score (nSPS) is 12.8. The number of thioether (sulfide) groups is 1. The summed E-state index contributed by atoms with van der Waals surface area (Å²) in [6, 6.07) is 8.49. The van der Waals surface area contributed by atoms with E-state index in [4.69, 9.17) is 9.84 Å². The summed E-state index contributed by atoms with van der Waals surface area (Å²) in [7, 11) is 0. The number of benzene rings is 1. The molecule has 1 rings (SSSR count). The van der Waals surface area contributed by atoms with Gasteiger partial charge in [0.15, 0.2) is 0 Å². The molecule has 0 aliphatic rings. The monoisotopic (exact) mass is 391 g/mol. The number of carbonyl (C=O) groups is 2. The first kappa shape index (κ1) is 20.9. The van der Waals surface area contributed by atoms with Gasteiger partial charge in [0.25, 0.3) is 0 Å². The first-order valence-electron chi connectivity index (χ1n) is 6.81. The number of ether oxygens (including phenoxy) is 1. The van der Waals surface area contributed by atoms with Gasteiger partial charge < -0.3 is 9.84 Å². The zero-order valence-corrected chi connectivity index (χ0v) is 15.2. The van der Waals surface area contributed by atoms with Crippen molar-refractivity contribution in [3.63, 3.8) is 0 Å². The molecule has 2 unspecified atom stereocenters. The number of halogens is 1. The lowest BCUT2D eigenvalue weighted by atomic mass is 10.2. The molecular formula is C15H22BrNO4S. The second kappa shape index (κ2) is 11.5. The van der Waals surface area contributed by atoms with Gasteiger partial charge in [-0.3, -0.25) is 14.9 Å².